The van der Waals surface area contributed by atoms with Gasteiger partial charge >= 0.3 is 0 Å². The van der Waals surface area contributed by atoms with E-state index >= 15 is 0 Å². The van der Waals surface area contributed by atoms with Gasteiger partial charge in [-0.05, 0) is 52.4 Å². The third-order valence-electron chi connectivity index (χ3n) is 5.93. The molecule has 0 aliphatic heterocycles. The third kappa shape index (κ3) is 3.50. The Hall–Kier alpha value is -2.90. The molecule has 0 amide bonds. The monoisotopic (exact) mass is 495 g/mol. The van der Waals surface area contributed by atoms with Crippen LogP contribution in [0.1, 0.15) is 16.1 Å². The smallest absolute Gasteiger partial charge is 0.251 e. The number of pyridine rings is 1. The number of imidazole rings is 1. The molecular weight excluding hydrogens is 477 g/mol. The van der Waals surface area contributed by atoms with Gasteiger partial charge in [0.15, 0.2) is 5.60 Å². The molecular formula is C25H19Cl2N3O2S. The Kier molecular flexibility index (Phi) is 5.41. The topological polar surface area (TPSA) is 60.0 Å². The molecule has 0 fully saturated rings. The van der Waals surface area contributed by atoms with Gasteiger partial charge in [-0.1, -0.05) is 41.4 Å². The maximum absolute atomic E-state index is 12.7. The van der Waals surface area contributed by atoms with Gasteiger partial charge < -0.3 is 14.2 Å². The van der Waals surface area contributed by atoms with Gasteiger partial charge in [-0.15, -0.1) is 11.3 Å². The van der Waals surface area contributed by atoms with E-state index in [1.165, 1.54) is 11.3 Å². The van der Waals surface area contributed by atoms with Crippen molar-refractivity contribution in [2.75, 3.05) is 0 Å². The summed E-state index contributed by atoms with van der Waals surface area (Å²) in [5.74, 6) is 0. The van der Waals surface area contributed by atoms with Gasteiger partial charge in [0.25, 0.3) is 5.56 Å². The number of thiophene rings is 1. The molecule has 1 N–H and O–H groups in total. The Morgan fingerprint density at radius 1 is 1.06 bits per heavy atom. The van der Waals surface area contributed by atoms with Crippen LogP contribution in [0.2, 0.25) is 10.0 Å². The van der Waals surface area contributed by atoms with Gasteiger partial charge in [0.2, 0.25) is 0 Å². The van der Waals surface area contributed by atoms with Crippen molar-refractivity contribution >= 4 is 45.4 Å². The summed E-state index contributed by atoms with van der Waals surface area (Å²) in [6, 6.07) is 16.3. The minimum atomic E-state index is -1.54. The van der Waals surface area contributed by atoms with E-state index in [1.807, 2.05) is 48.8 Å². The Balaban J connectivity index is 1.86. The van der Waals surface area contributed by atoms with E-state index in [-0.39, 0.29) is 5.56 Å². The predicted octanol–water partition coefficient (Wildman–Crippen LogP) is 5.59. The zero-order chi connectivity index (χ0) is 23.3. The molecule has 0 aliphatic rings. The second kappa shape index (κ2) is 8.15. The zero-order valence-electron chi connectivity index (χ0n) is 17.8. The Labute approximate surface area is 204 Å². The number of benzene rings is 2. The van der Waals surface area contributed by atoms with Crippen molar-refractivity contribution in [2.24, 2.45) is 14.1 Å². The first kappa shape index (κ1) is 21.9. The molecule has 33 heavy (non-hydrogen) atoms. The molecule has 3 heterocycles. The van der Waals surface area contributed by atoms with E-state index in [4.69, 9.17) is 23.2 Å². The molecule has 1 unspecified atom stereocenters. The highest BCUT2D eigenvalue weighted by atomic mass is 35.5. The summed E-state index contributed by atoms with van der Waals surface area (Å²) < 4.78 is 3.37. The first-order chi connectivity index (χ1) is 15.8. The van der Waals surface area contributed by atoms with Gasteiger partial charge in [0.1, 0.15) is 0 Å². The number of fused-ring (bicyclic) bond motifs is 1. The summed E-state index contributed by atoms with van der Waals surface area (Å²) in [7, 11) is 3.56. The summed E-state index contributed by atoms with van der Waals surface area (Å²) in [5, 5.41) is 15.9. The lowest BCUT2D eigenvalue weighted by Gasteiger charge is -2.29. The van der Waals surface area contributed by atoms with Gasteiger partial charge in [0.05, 0.1) is 33.6 Å². The van der Waals surface area contributed by atoms with Crippen LogP contribution in [0.3, 0.4) is 0 Å². The molecule has 5 rings (SSSR count). The number of aryl methyl sites for hydroxylation is 2. The van der Waals surface area contributed by atoms with Crippen molar-refractivity contribution in [1.29, 1.82) is 0 Å². The van der Waals surface area contributed by atoms with E-state index < -0.39 is 5.60 Å². The van der Waals surface area contributed by atoms with Crippen LogP contribution in [0.25, 0.3) is 22.0 Å². The van der Waals surface area contributed by atoms with Crippen molar-refractivity contribution in [3.8, 4) is 11.1 Å². The van der Waals surface area contributed by atoms with Crippen molar-refractivity contribution in [3.63, 3.8) is 0 Å². The summed E-state index contributed by atoms with van der Waals surface area (Å²) in [5.41, 5.74) is 1.83. The van der Waals surface area contributed by atoms with Crippen molar-refractivity contribution in [3.05, 3.63) is 109 Å². The first-order valence-electron chi connectivity index (χ1n) is 10.1. The van der Waals surface area contributed by atoms with Gasteiger partial charge in [0, 0.05) is 30.6 Å². The SMILES string of the molecule is Cn1cncc1C(O)(c1ccc2c(c1)c(-c1cccc(Cl)c1)cc(=O)n2C)c1sccc1Cl. The Bertz CT molecular complexity index is 1530. The lowest BCUT2D eigenvalue weighted by molar-refractivity contribution is 0.121. The summed E-state index contributed by atoms with van der Waals surface area (Å²) in [6.07, 6.45) is 3.28. The standard InChI is InChI=1S/C25H19Cl2N3O2S/c1-29-14-28-13-22(29)25(32,24-20(27)8-9-33-24)16-6-7-21-19(11-16)18(12-23(31)30(21)2)15-4-3-5-17(26)10-15/h3-14,32H,1-2H3. The molecule has 0 aliphatic carbocycles. The van der Waals surface area contributed by atoms with Crippen LogP contribution in [0.15, 0.2) is 77.3 Å². The zero-order valence-corrected chi connectivity index (χ0v) is 20.1. The fourth-order valence-corrected chi connectivity index (χ4v) is 5.75. The minimum absolute atomic E-state index is 0.131. The van der Waals surface area contributed by atoms with Crippen LogP contribution in [0, 0.1) is 0 Å². The molecule has 0 saturated heterocycles. The Morgan fingerprint density at radius 2 is 1.88 bits per heavy atom. The molecule has 3 aromatic heterocycles. The average Bonchev–Trinajstić information content (AvgIpc) is 3.44. The number of halogens is 2. The molecule has 2 aromatic carbocycles. The summed E-state index contributed by atoms with van der Waals surface area (Å²) in [4.78, 5) is 17.5. The van der Waals surface area contributed by atoms with Crippen LogP contribution < -0.4 is 5.56 Å². The van der Waals surface area contributed by atoms with Gasteiger partial charge in [-0.3, -0.25) is 4.79 Å². The molecule has 0 radical (unpaired) electrons. The molecule has 0 spiro atoms. The highest BCUT2D eigenvalue weighted by Crippen LogP contribution is 2.44. The van der Waals surface area contributed by atoms with Crippen molar-refractivity contribution in [1.82, 2.24) is 14.1 Å². The van der Waals surface area contributed by atoms with Crippen molar-refractivity contribution < 1.29 is 5.11 Å². The summed E-state index contributed by atoms with van der Waals surface area (Å²) >= 11 is 14.1. The fourth-order valence-electron chi connectivity index (χ4n) is 4.23. The molecule has 1 atom stereocenters. The molecule has 8 heteroatoms. The van der Waals surface area contributed by atoms with Crippen LogP contribution in [0.5, 0.6) is 0 Å². The Morgan fingerprint density at radius 3 is 2.55 bits per heavy atom. The van der Waals surface area contributed by atoms with Crippen LogP contribution >= 0.6 is 34.5 Å². The van der Waals surface area contributed by atoms with E-state index in [0.717, 1.165) is 22.0 Å². The van der Waals surface area contributed by atoms with Crippen molar-refractivity contribution in [2.45, 2.75) is 5.60 Å². The van der Waals surface area contributed by atoms with E-state index in [2.05, 4.69) is 4.98 Å². The highest BCUT2D eigenvalue weighted by molar-refractivity contribution is 7.10. The molecule has 5 nitrogen and oxygen atoms in total. The van der Waals surface area contributed by atoms with Crippen LogP contribution in [-0.4, -0.2) is 19.2 Å². The molecule has 166 valence electrons. The predicted molar refractivity (Wildman–Crippen MR) is 134 cm³/mol. The first-order valence-corrected chi connectivity index (χ1v) is 11.8. The molecule has 0 saturated carbocycles. The second-order valence-corrected chi connectivity index (χ2v) is 9.66. The lowest BCUT2D eigenvalue weighted by atomic mass is 9.87. The third-order valence-corrected chi connectivity index (χ3v) is 7.62. The number of hydrogen-bond acceptors (Lipinski definition) is 4. The summed E-state index contributed by atoms with van der Waals surface area (Å²) in [6.45, 7) is 0. The largest absolute Gasteiger partial charge is 0.374 e. The second-order valence-electron chi connectivity index (χ2n) is 7.90. The number of rotatable bonds is 4. The van der Waals surface area contributed by atoms with E-state index in [9.17, 15) is 9.90 Å². The fraction of sp³-hybridized carbons (Fsp3) is 0.120. The number of nitrogens with zero attached hydrogens (tertiary/aromatic N) is 3. The lowest BCUT2D eigenvalue weighted by Crippen LogP contribution is -2.30. The van der Waals surface area contributed by atoms with Crippen LogP contribution in [0.4, 0.5) is 0 Å². The van der Waals surface area contributed by atoms with Crippen LogP contribution in [-0.2, 0) is 19.7 Å². The number of aliphatic hydroxyl groups is 1. The highest BCUT2D eigenvalue weighted by Gasteiger charge is 2.39. The van der Waals surface area contributed by atoms with Gasteiger partial charge in [-0.2, -0.15) is 0 Å². The maximum atomic E-state index is 12.7. The maximum Gasteiger partial charge on any atom is 0.251 e. The van der Waals surface area contributed by atoms with Gasteiger partial charge in [-0.25, -0.2) is 4.98 Å². The van der Waals surface area contributed by atoms with E-state index in [0.29, 0.717) is 26.2 Å². The number of aromatic nitrogens is 3. The normalized spacial score (nSPS) is 13.4. The quantitative estimate of drug-likeness (QED) is 0.353. The molecule has 0 bridgehead atoms. The average molecular weight is 496 g/mol. The number of hydrogen-bond donors (Lipinski definition) is 1. The minimum Gasteiger partial charge on any atom is -0.374 e. The van der Waals surface area contributed by atoms with E-state index in [1.54, 1.807) is 46.9 Å². The molecule has 5 aromatic rings.